The van der Waals surface area contributed by atoms with Crippen molar-refractivity contribution in [1.29, 1.82) is 0 Å². The first kappa shape index (κ1) is 15.0. The van der Waals surface area contributed by atoms with Gasteiger partial charge in [0.1, 0.15) is 5.82 Å². The van der Waals surface area contributed by atoms with Gasteiger partial charge in [0.2, 0.25) is 0 Å². The third-order valence-electron chi connectivity index (χ3n) is 3.10. The molecule has 0 aliphatic heterocycles. The maximum Gasteiger partial charge on any atom is 0.253 e. The van der Waals surface area contributed by atoms with Crippen LogP contribution in [0.4, 0.5) is 15.8 Å². The second-order valence-corrected chi connectivity index (χ2v) is 4.88. The summed E-state index contributed by atoms with van der Waals surface area (Å²) in [5.74, 6) is -0.488. The summed E-state index contributed by atoms with van der Waals surface area (Å²) in [6, 6.07) is 7.91. The van der Waals surface area contributed by atoms with Crippen LogP contribution in [0.15, 0.2) is 42.7 Å². The molecule has 0 fully saturated rings. The number of nitrogens with zero attached hydrogens (tertiary/aromatic N) is 1. The third-order valence-corrected chi connectivity index (χ3v) is 3.10. The zero-order valence-corrected chi connectivity index (χ0v) is 12.1. The number of hydrogen-bond donors (Lipinski definition) is 2. The topological polar surface area (TPSA) is 54.0 Å². The summed E-state index contributed by atoms with van der Waals surface area (Å²) in [5.41, 5.74) is 1.71. The summed E-state index contributed by atoms with van der Waals surface area (Å²) in [6.45, 7) is 3.95. The highest BCUT2D eigenvalue weighted by molar-refractivity contribution is 5.95. The number of halogens is 1. The minimum Gasteiger partial charge on any atom is -0.354 e. The van der Waals surface area contributed by atoms with Gasteiger partial charge in [-0.2, -0.15) is 0 Å². The summed E-state index contributed by atoms with van der Waals surface area (Å²) < 4.78 is 13.1. The van der Waals surface area contributed by atoms with E-state index in [1.54, 1.807) is 24.4 Å². The summed E-state index contributed by atoms with van der Waals surface area (Å²) >= 11 is 0. The van der Waals surface area contributed by atoms with Crippen molar-refractivity contribution in [3.8, 4) is 0 Å². The van der Waals surface area contributed by atoms with Gasteiger partial charge < -0.3 is 10.6 Å². The van der Waals surface area contributed by atoms with Crippen molar-refractivity contribution in [3.63, 3.8) is 0 Å². The first-order valence-corrected chi connectivity index (χ1v) is 6.87. The highest BCUT2D eigenvalue weighted by Crippen LogP contribution is 2.17. The van der Waals surface area contributed by atoms with Crippen molar-refractivity contribution in [1.82, 2.24) is 10.3 Å². The third kappa shape index (κ3) is 4.27. The Labute approximate surface area is 123 Å². The molecule has 0 saturated carbocycles. The number of benzene rings is 1. The van der Waals surface area contributed by atoms with Gasteiger partial charge >= 0.3 is 0 Å². The van der Waals surface area contributed by atoms with Gasteiger partial charge in [0.05, 0.1) is 17.4 Å². The Balaban J connectivity index is 2.12. The molecule has 1 atom stereocenters. The number of amides is 1. The molecule has 1 aromatic carbocycles. The number of aromatic nitrogens is 1. The molecular formula is C16H18FN3O. The molecule has 1 heterocycles. The van der Waals surface area contributed by atoms with E-state index in [2.05, 4.69) is 15.6 Å². The lowest BCUT2D eigenvalue weighted by Gasteiger charge is -2.12. The van der Waals surface area contributed by atoms with Gasteiger partial charge in [-0.1, -0.05) is 13.0 Å². The maximum atomic E-state index is 13.1. The summed E-state index contributed by atoms with van der Waals surface area (Å²) in [6.07, 6.45) is 3.96. The fourth-order valence-electron chi connectivity index (χ4n) is 1.77. The average Bonchev–Trinajstić information content (AvgIpc) is 2.47. The number of anilines is 2. The van der Waals surface area contributed by atoms with Crippen LogP contribution in [0.3, 0.4) is 0 Å². The van der Waals surface area contributed by atoms with Crippen LogP contribution in [-0.4, -0.2) is 16.9 Å². The first-order chi connectivity index (χ1) is 10.1. The molecule has 1 unspecified atom stereocenters. The van der Waals surface area contributed by atoms with Crippen LogP contribution in [0, 0.1) is 5.82 Å². The lowest BCUT2D eigenvalue weighted by Crippen LogP contribution is -2.31. The SMILES string of the molecule is CCC(C)NC(=O)c1cncc(Nc2cccc(F)c2)c1. The number of carbonyl (C=O) groups excluding carboxylic acids is 1. The molecule has 0 saturated heterocycles. The molecule has 5 heteroatoms. The molecule has 0 radical (unpaired) electrons. The summed E-state index contributed by atoms with van der Waals surface area (Å²) in [4.78, 5) is 16.1. The molecule has 0 spiro atoms. The Morgan fingerprint density at radius 3 is 2.81 bits per heavy atom. The van der Waals surface area contributed by atoms with E-state index in [9.17, 15) is 9.18 Å². The molecule has 1 aromatic heterocycles. The van der Waals surface area contributed by atoms with Gasteiger partial charge in [0, 0.05) is 17.9 Å². The van der Waals surface area contributed by atoms with Crippen molar-refractivity contribution in [2.75, 3.05) is 5.32 Å². The largest absolute Gasteiger partial charge is 0.354 e. The first-order valence-electron chi connectivity index (χ1n) is 6.87. The van der Waals surface area contributed by atoms with Gasteiger partial charge in [-0.25, -0.2) is 4.39 Å². The van der Waals surface area contributed by atoms with Crippen molar-refractivity contribution in [3.05, 3.63) is 54.1 Å². The predicted molar refractivity (Wildman–Crippen MR) is 81.1 cm³/mol. The number of hydrogen-bond acceptors (Lipinski definition) is 3. The Kier molecular flexibility index (Phi) is 4.87. The molecule has 0 aliphatic rings. The monoisotopic (exact) mass is 287 g/mol. The van der Waals surface area contributed by atoms with Gasteiger partial charge in [-0.15, -0.1) is 0 Å². The van der Waals surface area contributed by atoms with E-state index in [4.69, 9.17) is 0 Å². The Morgan fingerprint density at radius 1 is 1.29 bits per heavy atom. The van der Waals surface area contributed by atoms with Crippen LogP contribution in [0.2, 0.25) is 0 Å². The quantitative estimate of drug-likeness (QED) is 0.885. The van der Waals surface area contributed by atoms with E-state index in [-0.39, 0.29) is 17.8 Å². The van der Waals surface area contributed by atoms with Crippen LogP contribution in [-0.2, 0) is 0 Å². The fraction of sp³-hybridized carbons (Fsp3) is 0.250. The Bertz CT molecular complexity index is 630. The number of rotatable bonds is 5. The minimum absolute atomic E-state index is 0.109. The molecule has 0 aliphatic carbocycles. The Hall–Kier alpha value is -2.43. The number of nitrogens with one attached hydrogen (secondary N) is 2. The van der Waals surface area contributed by atoms with E-state index in [0.29, 0.717) is 16.9 Å². The second-order valence-electron chi connectivity index (χ2n) is 4.88. The van der Waals surface area contributed by atoms with Crippen LogP contribution in [0.25, 0.3) is 0 Å². The maximum absolute atomic E-state index is 13.1. The molecule has 4 nitrogen and oxygen atoms in total. The van der Waals surface area contributed by atoms with Gasteiger partial charge in [-0.05, 0) is 37.6 Å². The standard InChI is InChI=1S/C16H18FN3O/c1-3-11(2)19-16(21)12-7-15(10-18-9-12)20-14-6-4-5-13(17)8-14/h4-11,20H,3H2,1-2H3,(H,19,21). The molecule has 2 rings (SSSR count). The zero-order chi connectivity index (χ0) is 15.2. The van der Waals surface area contributed by atoms with Crippen molar-refractivity contribution >= 4 is 17.3 Å². The normalized spacial score (nSPS) is 11.8. The van der Waals surface area contributed by atoms with Gasteiger partial charge in [-0.3, -0.25) is 9.78 Å². The molecular weight excluding hydrogens is 269 g/mol. The molecule has 21 heavy (non-hydrogen) atoms. The minimum atomic E-state index is -0.321. The molecule has 110 valence electrons. The number of pyridine rings is 1. The van der Waals surface area contributed by atoms with E-state index >= 15 is 0 Å². The lowest BCUT2D eigenvalue weighted by molar-refractivity contribution is 0.0939. The fourth-order valence-corrected chi connectivity index (χ4v) is 1.77. The van der Waals surface area contributed by atoms with Crippen molar-refractivity contribution < 1.29 is 9.18 Å². The van der Waals surface area contributed by atoms with Crippen molar-refractivity contribution in [2.45, 2.75) is 26.3 Å². The zero-order valence-electron chi connectivity index (χ0n) is 12.1. The van der Waals surface area contributed by atoms with Crippen LogP contribution < -0.4 is 10.6 Å². The average molecular weight is 287 g/mol. The van der Waals surface area contributed by atoms with Crippen molar-refractivity contribution in [2.24, 2.45) is 0 Å². The van der Waals surface area contributed by atoms with Crippen LogP contribution in [0.1, 0.15) is 30.6 Å². The highest BCUT2D eigenvalue weighted by Gasteiger charge is 2.09. The van der Waals surface area contributed by atoms with Crippen LogP contribution >= 0.6 is 0 Å². The van der Waals surface area contributed by atoms with Gasteiger partial charge in [0.15, 0.2) is 0 Å². The molecule has 0 bridgehead atoms. The highest BCUT2D eigenvalue weighted by atomic mass is 19.1. The lowest BCUT2D eigenvalue weighted by atomic mass is 10.2. The van der Waals surface area contributed by atoms with E-state index in [1.807, 2.05) is 13.8 Å². The summed E-state index contributed by atoms with van der Waals surface area (Å²) in [5, 5.41) is 5.90. The smallest absolute Gasteiger partial charge is 0.253 e. The second kappa shape index (κ2) is 6.83. The summed E-state index contributed by atoms with van der Waals surface area (Å²) in [7, 11) is 0. The Morgan fingerprint density at radius 2 is 2.10 bits per heavy atom. The van der Waals surface area contributed by atoms with E-state index < -0.39 is 0 Å². The number of carbonyl (C=O) groups is 1. The molecule has 1 amide bonds. The predicted octanol–water partition coefficient (Wildman–Crippen LogP) is 3.49. The van der Waals surface area contributed by atoms with Gasteiger partial charge in [0.25, 0.3) is 5.91 Å². The van der Waals surface area contributed by atoms with E-state index in [1.165, 1.54) is 18.3 Å². The van der Waals surface area contributed by atoms with Crippen LogP contribution in [0.5, 0.6) is 0 Å². The van der Waals surface area contributed by atoms with E-state index in [0.717, 1.165) is 6.42 Å². The molecule has 2 aromatic rings. The molecule has 2 N–H and O–H groups in total.